The molecule has 0 radical (unpaired) electrons. The minimum atomic E-state index is -3.67. The lowest BCUT2D eigenvalue weighted by molar-refractivity contribution is -0.126. The van der Waals surface area contributed by atoms with Gasteiger partial charge in [0.2, 0.25) is 15.9 Å². The number of piperidine rings is 1. The Morgan fingerprint density at radius 3 is 2.59 bits per heavy atom. The second-order valence-electron chi connectivity index (χ2n) is 7.91. The summed E-state index contributed by atoms with van der Waals surface area (Å²) < 4.78 is 44.1. The van der Waals surface area contributed by atoms with Crippen LogP contribution in [-0.2, 0) is 21.4 Å². The van der Waals surface area contributed by atoms with Crippen LogP contribution in [-0.4, -0.2) is 52.0 Å². The van der Waals surface area contributed by atoms with E-state index in [4.69, 9.17) is 14.2 Å². The smallest absolute Gasteiger partial charge is 0.243 e. The molecule has 0 spiro atoms. The van der Waals surface area contributed by atoms with Gasteiger partial charge in [-0.3, -0.25) is 4.79 Å². The van der Waals surface area contributed by atoms with Gasteiger partial charge in [0.25, 0.3) is 0 Å². The molecular weight excluding hydrogens is 432 g/mol. The van der Waals surface area contributed by atoms with E-state index in [0.717, 1.165) is 17.7 Å². The molecule has 0 unspecified atom stereocenters. The summed E-state index contributed by atoms with van der Waals surface area (Å²) >= 11 is 0. The van der Waals surface area contributed by atoms with Gasteiger partial charge in [0.15, 0.2) is 11.5 Å². The normalized spacial score (nSPS) is 17.4. The van der Waals surface area contributed by atoms with Gasteiger partial charge in [0.1, 0.15) is 5.75 Å². The maximum Gasteiger partial charge on any atom is 0.243 e. The third kappa shape index (κ3) is 4.99. The number of nitrogens with one attached hydrogen (secondary N) is 1. The highest BCUT2D eigenvalue weighted by molar-refractivity contribution is 7.89. The number of methoxy groups -OCH3 is 1. The number of sulfonamides is 1. The van der Waals surface area contributed by atoms with Crippen molar-refractivity contribution in [2.45, 2.75) is 30.7 Å². The second kappa shape index (κ2) is 9.79. The van der Waals surface area contributed by atoms with Crippen LogP contribution in [0.5, 0.6) is 17.2 Å². The zero-order chi connectivity index (χ0) is 22.6. The van der Waals surface area contributed by atoms with E-state index in [1.54, 1.807) is 19.2 Å². The fraction of sp³-hybridized carbons (Fsp3) is 0.435. The van der Waals surface area contributed by atoms with Gasteiger partial charge in [-0.15, -0.1) is 0 Å². The van der Waals surface area contributed by atoms with Crippen molar-refractivity contribution in [2.75, 3.05) is 33.4 Å². The van der Waals surface area contributed by atoms with Gasteiger partial charge in [-0.2, -0.15) is 4.31 Å². The highest BCUT2D eigenvalue weighted by Crippen LogP contribution is 2.33. The number of fused-ring (bicyclic) bond motifs is 1. The molecule has 0 atom stereocenters. The van der Waals surface area contributed by atoms with Gasteiger partial charge >= 0.3 is 0 Å². The Balaban J connectivity index is 1.34. The van der Waals surface area contributed by atoms with Crippen LogP contribution < -0.4 is 19.5 Å². The molecule has 1 N–H and O–H groups in total. The van der Waals surface area contributed by atoms with E-state index in [9.17, 15) is 13.2 Å². The predicted molar refractivity (Wildman–Crippen MR) is 118 cm³/mol. The van der Waals surface area contributed by atoms with E-state index in [2.05, 4.69) is 5.32 Å². The molecule has 0 aromatic heterocycles. The van der Waals surface area contributed by atoms with E-state index in [0.29, 0.717) is 57.2 Å². The standard InChI is InChI=1S/C23H28N2O6S/c1-29-19-5-2-4-17(14-19)16-24-23(26)18-8-10-25(11-9-18)32(27,28)20-6-7-21-22(15-20)31-13-3-12-30-21/h2,4-7,14-15,18H,3,8-13,16H2,1H3,(H,24,26). The first-order chi connectivity index (χ1) is 15.5. The molecule has 0 bridgehead atoms. The average Bonchev–Trinajstić information content (AvgIpc) is 3.07. The molecule has 2 aliphatic rings. The molecule has 0 saturated carbocycles. The molecular formula is C23H28N2O6S. The van der Waals surface area contributed by atoms with Crippen LogP contribution in [0.3, 0.4) is 0 Å². The van der Waals surface area contributed by atoms with Crippen molar-refractivity contribution >= 4 is 15.9 Å². The number of ether oxygens (including phenoxy) is 3. The first-order valence-corrected chi connectivity index (χ1v) is 12.2. The predicted octanol–water partition coefficient (Wildman–Crippen LogP) is 2.57. The summed E-state index contributed by atoms with van der Waals surface area (Å²) in [6.07, 6.45) is 1.71. The Labute approximate surface area is 188 Å². The summed E-state index contributed by atoms with van der Waals surface area (Å²) in [5, 5.41) is 2.95. The molecule has 2 heterocycles. The Kier molecular flexibility index (Phi) is 6.86. The highest BCUT2D eigenvalue weighted by atomic mass is 32.2. The molecule has 32 heavy (non-hydrogen) atoms. The number of carbonyl (C=O) groups is 1. The summed E-state index contributed by atoms with van der Waals surface area (Å²) in [5.41, 5.74) is 0.951. The van der Waals surface area contributed by atoms with Crippen LogP contribution in [0.2, 0.25) is 0 Å². The highest BCUT2D eigenvalue weighted by Gasteiger charge is 2.32. The Bertz CT molecular complexity index is 1060. The van der Waals surface area contributed by atoms with Crippen LogP contribution >= 0.6 is 0 Å². The average molecular weight is 461 g/mol. The number of hydrogen-bond donors (Lipinski definition) is 1. The zero-order valence-corrected chi connectivity index (χ0v) is 18.9. The third-order valence-corrected chi connectivity index (χ3v) is 7.68. The van der Waals surface area contributed by atoms with Gasteiger partial charge in [-0.05, 0) is 42.7 Å². The number of hydrogen-bond acceptors (Lipinski definition) is 6. The second-order valence-corrected chi connectivity index (χ2v) is 9.84. The van der Waals surface area contributed by atoms with E-state index in [-0.39, 0.29) is 16.7 Å². The van der Waals surface area contributed by atoms with E-state index in [1.807, 2.05) is 24.3 Å². The molecule has 4 rings (SSSR count). The lowest BCUT2D eigenvalue weighted by Crippen LogP contribution is -2.42. The lowest BCUT2D eigenvalue weighted by atomic mass is 9.97. The van der Waals surface area contributed by atoms with Crippen LogP contribution in [0, 0.1) is 5.92 Å². The van der Waals surface area contributed by atoms with Gasteiger partial charge in [0, 0.05) is 38.0 Å². The largest absolute Gasteiger partial charge is 0.497 e. The third-order valence-electron chi connectivity index (χ3n) is 5.78. The van der Waals surface area contributed by atoms with Gasteiger partial charge < -0.3 is 19.5 Å². The molecule has 2 aliphatic heterocycles. The molecule has 8 nitrogen and oxygen atoms in total. The summed E-state index contributed by atoms with van der Waals surface area (Å²) in [6.45, 7) is 2.05. The molecule has 172 valence electrons. The van der Waals surface area contributed by atoms with Crippen LogP contribution in [0.1, 0.15) is 24.8 Å². The van der Waals surface area contributed by atoms with Crippen molar-refractivity contribution in [1.29, 1.82) is 0 Å². The van der Waals surface area contributed by atoms with Gasteiger partial charge in [-0.1, -0.05) is 12.1 Å². The molecule has 2 aromatic carbocycles. The summed E-state index contributed by atoms with van der Waals surface area (Å²) in [5.74, 6) is 1.49. The van der Waals surface area contributed by atoms with Crippen molar-refractivity contribution in [1.82, 2.24) is 9.62 Å². The van der Waals surface area contributed by atoms with Crippen molar-refractivity contribution in [2.24, 2.45) is 5.92 Å². The maximum absolute atomic E-state index is 13.1. The number of nitrogens with zero attached hydrogens (tertiary/aromatic N) is 1. The Hall–Kier alpha value is -2.78. The Morgan fingerprint density at radius 1 is 1.09 bits per heavy atom. The summed E-state index contributed by atoms with van der Waals surface area (Å²) in [7, 11) is -2.06. The lowest BCUT2D eigenvalue weighted by Gasteiger charge is -2.30. The van der Waals surface area contributed by atoms with Crippen LogP contribution in [0.25, 0.3) is 0 Å². The maximum atomic E-state index is 13.1. The minimum absolute atomic E-state index is 0.0551. The number of amides is 1. The van der Waals surface area contributed by atoms with Crippen molar-refractivity contribution < 1.29 is 27.4 Å². The topological polar surface area (TPSA) is 94.2 Å². The van der Waals surface area contributed by atoms with E-state index < -0.39 is 10.0 Å². The van der Waals surface area contributed by atoms with Crippen LogP contribution in [0.15, 0.2) is 47.4 Å². The summed E-state index contributed by atoms with van der Waals surface area (Å²) in [4.78, 5) is 12.8. The molecule has 9 heteroatoms. The van der Waals surface area contributed by atoms with Crippen molar-refractivity contribution in [3.05, 3.63) is 48.0 Å². The molecule has 1 saturated heterocycles. The van der Waals surface area contributed by atoms with E-state index >= 15 is 0 Å². The minimum Gasteiger partial charge on any atom is -0.497 e. The van der Waals surface area contributed by atoms with Crippen LogP contribution in [0.4, 0.5) is 0 Å². The molecule has 1 amide bonds. The first-order valence-electron chi connectivity index (χ1n) is 10.8. The van der Waals surface area contributed by atoms with Crippen molar-refractivity contribution in [3.63, 3.8) is 0 Å². The fourth-order valence-corrected chi connectivity index (χ4v) is 5.41. The SMILES string of the molecule is COc1cccc(CNC(=O)C2CCN(S(=O)(=O)c3ccc4c(c3)OCCCO4)CC2)c1. The number of rotatable bonds is 6. The van der Waals surface area contributed by atoms with Gasteiger partial charge in [0.05, 0.1) is 25.2 Å². The fourth-order valence-electron chi connectivity index (χ4n) is 3.93. The molecule has 2 aromatic rings. The quantitative estimate of drug-likeness (QED) is 0.712. The zero-order valence-electron chi connectivity index (χ0n) is 18.1. The first kappa shape index (κ1) is 22.4. The van der Waals surface area contributed by atoms with Crippen molar-refractivity contribution in [3.8, 4) is 17.2 Å². The molecule has 1 fully saturated rings. The number of carbonyl (C=O) groups excluding carboxylic acids is 1. The summed E-state index contributed by atoms with van der Waals surface area (Å²) in [6, 6.07) is 12.3. The molecule has 0 aliphatic carbocycles. The number of benzene rings is 2. The van der Waals surface area contributed by atoms with Gasteiger partial charge in [-0.25, -0.2) is 8.42 Å². The Morgan fingerprint density at radius 2 is 1.84 bits per heavy atom. The van der Waals surface area contributed by atoms with E-state index in [1.165, 1.54) is 10.4 Å². The monoisotopic (exact) mass is 460 g/mol.